The van der Waals surface area contributed by atoms with Crippen LogP contribution in [0.15, 0.2) is 0 Å². The van der Waals surface area contributed by atoms with Crippen LogP contribution in [0.3, 0.4) is 0 Å². The summed E-state index contributed by atoms with van der Waals surface area (Å²) in [6, 6.07) is 0.170. The zero-order valence-electron chi connectivity index (χ0n) is 11.7. The number of carbonyl (C=O) groups excluding carboxylic acids is 1. The van der Waals surface area contributed by atoms with Crippen molar-refractivity contribution < 1.29 is 14.7 Å². The lowest BCUT2D eigenvalue weighted by Gasteiger charge is -2.34. The Morgan fingerprint density at radius 2 is 1.95 bits per heavy atom. The van der Waals surface area contributed by atoms with Gasteiger partial charge < -0.3 is 15.3 Å². The summed E-state index contributed by atoms with van der Waals surface area (Å²) in [6.45, 7) is 3.09. The number of rotatable bonds is 3. The summed E-state index contributed by atoms with van der Waals surface area (Å²) in [7, 11) is 0. The lowest BCUT2D eigenvalue weighted by molar-refractivity contribution is -0.150. The van der Waals surface area contributed by atoms with Gasteiger partial charge in [0.25, 0.3) is 0 Å². The fourth-order valence-corrected chi connectivity index (χ4v) is 3.28. The number of carbonyl (C=O) groups is 2. The van der Waals surface area contributed by atoms with Crippen LogP contribution in [-0.4, -0.2) is 41.1 Å². The van der Waals surface area contributed by atoms with Gasteiger partial charge in [0.15, 0.2) is 0 Å². The second kappa shape index (κ2) is 5.80. The van der Waals surface area contributed by atoms with Crippen LogP contribution in [0.2, 0.25) is 0 Å². The van der Waals surface area contributed by atoms with Gasteiger partial charge in [-0.15, -0.1) is 0 Å². The molecule has 0 aromatic rings. The molecule has 0 radical (unpaired) electrons. The third kappa shape index (κ3) is 3.01. The largest absolute Gasteiger partial charge is 0.481 e. The molecular weight excluding hydrogens is 244 g/mol. The van der Waals surface area contributed by atoms with Crippen molar-refractivity contribution in [3.63, 3.8) is 0 Å². The Balaban J connectivity index is 1.91. The van der Waals surface area contributed by atoms with Crippen LogP contribution in [0.4, 0.5) is 4.79 Å². The minimum atomic E-state index is -0.762. The van der Waals surface area contributed by atoms with Crippen molar-refractivity contribution in [1.29, 1.82) is 0 Å². The highest BCUT2D eigenvalue weighted by molar-refractivity contribution is 5.78. The van der Waals surface area contributed by atoms with Gasteiger partial charge in [0.2, 0.25) is 0 Å². The van der Waals surface area contributed by atoms with Crippen molar-refractivity contribution in [2.75, 3.05) is 13.1 Å². The minimum absolute atomic E-state index is 0.101. The molecule has 2 amide bonds. The fraction of sp³-hybridized carbons (Fsp3) is 0.857. The van der Waals surface area contributed by atoms with E-state index >= 15 is 0 Å². The van der Waals surface area contributed by atoms with E-state index in [0.29, 0.717) is 12.8 Å². The molecule has 19 heavy (non-hydrogen) atoms. The first-order chi connectivity index (χ1) is 9.05. The second-order valence-electron chi connectivity index (χ2n) is 5.99. The summed E-state index contributed by atoms with van der Waals surface area (Å²) in [5, 5.41) is 12.3. The number of urea groups is 1. The van der Waals surface area contributed by atoms with E-state index in [1.54, 1.807) is 0 Å². The minimum Gasteiger partial charge on any atom is -0.481 e. The summed E-state index contributed by atoms with van der Waals surface area (Å²) >= 11 is 0. The van der Waals surface area contributed by atoms with Crippen LogP contribution < -0.4 is 5.32 Å². The molecule has 1 saturated heterocycles. The molecule has 2 N–H and O–H groups in total. The van der Waals surface area contributed by atoms with Crippen molar-refractivity contribution in [2.45, 2.75) is 57.9 Å². The van der Waals surface area contributed by atoms with Crippen LogP contribution >= 0.6 is 0 Å². The van der Waals surface area contributed by atoms with Crippen molar-refractivity contribution >= 4 is 12.0 Å². The van der Waals surface area contributed by atoms with E-state index in [1.165, 1.54) is 0 Å². The highest BCUT2D eigenvalue weighted by Crippen LogP contribution is 2.36. The van der Waals surface area contributed by atoms with Crippen molar-refractivity contribution in [2.24, 2.45) is 5.41 Å². The molecule has 2 fully saturated rings. The van der Waals surface area contributed by atoms with E-state index in [-0.39, 0.29) is 18.6 Å². The Morgan fingerprint density at radius 3 is 2.47 bits per heavy atom. The molecule has 0 bridgehead atoms. The van der Waals surface area contributed by atoms with Gasteiger partial charge in [0.05, 0.1) is 5.41 Å². The quantitative estimate of drug-likeness (QED) is 0.824. The SMILES string of the molecule is CC1CCCN1C(=O)NCC1(C(=O)O)CCCCC1. The van der Waals surface area contributed by atoms with Gasteiger partial charge in [-0.2, -0.15) is 0 Å². The predicted molar refractivity (Wildman–Crippen MR) is 72.0 cm³/mol. The van der Waals surface area contributed by atoms with Crippen LogP contribution in [0.1, 0.15) is 51.9 Å². The van der Waals surface area contributed by atoms with Gasteiger partial charge in [-0.25, -0.2) is 4.79 Å². The van der Waals surface area contributed by atoms with E-state index in [2.05, 4.69) is 5.32 Å². The number of nitrogens with zero attached hydrogens (tertiary/aromatic N) is 1. The normalized spacial score (nSPS) is 26.2. The van der Waals surface area contributed by atoms with E-state index in [9.17, 15) is 14.7 Å². The maximum absolute atomic E-state index is 12.1. The molecule has 1 atom stereocenters. The molecule has 0 aromatic heterocycles. The number of nitrogens with one attached hydrogen (secondary N) is 1. The number of aliphatic carboxylic acids is 1. The standard InChI is InChI=1S/C14H24N2O3/c1-11-6-5-9-16(11)13(19)15-10-14(12(17)18)7-3-2-4-8-14/h11H,2-10H2,1H3,(H,15,19)(H,17,18). The average Bonchev–Trinajstić information content (AvgIpc) is 2.83. The topological polar surface area (TPSA) is 69.6 Å². The predicted octanol–water partition coefficient (Wildman–Crippen LogP) is 2.22. The molecule has 5 nitrogen and oxygen atoms in total. The first kappa shape index (κ1) is 14.2. The van der Waals surface area contributed by atoms with E-state index in [0.717, 1.165) is 38.6 Å². The summed E-state index contributed by atoms with van der Waals surface area (Å²) in [6.07, 6.45) is 6.43. The van der Waals surface area contributed by atoms with Crippen molar-refractivity contribution in [3.8, 4) is 0 Å². The summed E-state index contributed by atoms with van der Waals surface area (Å²) in [5.74, 6) is -0.762. The molecule has 1 unspecified atom stereocenters. The van der Waals surface area contributed by atoms with Crippen molar-refractivity contribution in [1.82, 2.24) is 10.2 Å². The van der Waals surface area contributed by atoms with E-state index in [4.69, 9.17) is 0 Å². The fourth-order valence-electron chi connectivity index (χ4n) is 3.28. The summed E-state index contributed by atoms with van der Waals surface area (Å²) in [4.78, 5) is 25.4. The lowest BCUT2D eigenvalue weighted by atomic mass is 9.74. The molecule has 0 spiro atoms. The van der Waals surface area contributed by atoms with Crippen LogP contribution in [0.25, 0.3) is 0 Å². The lowest BCUT2D eigenvalue weighted by Crippen LogP contribution is -2.49. The number of carboxylic acid groups (broad SMARTS) is 1. The van der Waals surface area contributed by atoms with E-state index < -0.39 is 11.4 Å². The zero-order chi connectivity index (χ0) is 13.9. The van der Waals surface area contributed by atoms with Crippen molar-refractivity contribution in [3.05, 3.63) is 0 Å². The third-order valence-electron chi connectivity index (χ3n) is 4.66. The summed E-state index contributed by atoms with van der Waals surface area (Å²) in [5.41, 5.74) is -0.739. The maximum atomic E-state index is 12.1. The molecule has 1 aliphatic carbocycles. The van der Waals surface area contributed by atoms with E-state index in [1.807, 2.05) is 11.8 Å². The Kier molecular flexibility index (Phi) is 4.32. The van der Waals surface area contributed by atoms with Crippen LogP contribution in [-0.2, 0) is 4.79 Å². The Morgan fingerprint density at radius 1 is 1.26 bits per heavy atom. The molecule has 1 heterocycles. The van der Waals surface area contributed by atoms with Gasteiger partial charge in [0.1, 0.15) is 0 Å². The van der Waals surface area contributed by atoms with Gasteiger partial charge in [-0.1, -0.05) is 19.3 Å². The number of amides is 2. The monoisotopic (exact) mass is 268 g/mol. The van der Waals surface area contributed by atoms with Gasteiger partial charge in [0, 0.05) is 19.1 Å². The average molecular weight is 268 g/mol. The zero-order valence-corrected chi connectivity index (χ0v) is 11.7. The smallest absolute Gasteiger partial charge is 0.317 e. The molecular formula is C14H24N2O3. The molecule has 108 valence electrons. The Hall–Kier alpha value is -1.26. The molecule has 1 aliphatic heterocycles. The second-order valence-corrected chi connectivity index (χ2v) is 5.99. The molecule has 5 heteroatoms. The van der Waals surface area contributed by atoms with Crippen LogP contribution in [0.5, 0.6) is 0 Å². The first-order valence-electron chi connectivity index (χ1n) is 7.33. The molecule has 2 rings (SSSR count). The van der Waals surface area contributed by atoms with Gasteiger partial charge >= 0.3 is 12.0 Å². The number of hydrogen-bond acceptors (Lipinski definition) is 2. The Labute approximate surface area is 114 Å². The van der Waals surface area contributed by atoms with Gasteiger partial charge in [-0.3, -0.25) is 4.79 Å². The van der Waals surface area contributed by atoms with Gasteiger partial charge in [-0.05, 0) is 32.6 Å². The number of carboxylic acids is 1. The summed E-state index contributed by atoms with van der Waals surface area (Å²) < 4.78 is 0. The highest BCUT2D eigenvalue weighted by Gasteiger charge is 2.40. The molecule has 1 saturated carbocycles. The number of likely N-dealkylation sites (tertiary alicyclic amines) is 1. The highest BCUT2D eigenvalue weighted by atomic mass is 16.4. The third-order valence-corrected chi connectivity index (χ3v) is 4.66. The first-order valence-corrected chi connectivity index (χ1v) is 7.33. The Bertz CT molecular complexity index is 351. The number of hydrogen-bond donors (Lipinski definition) is 2. The maximum Gasteiger partial charge on any atom is 0.317 e. The van der Waals surface area contributed by atoms with Crippen LogP contribution in [0, 0.1) is 5.41 Å². The molecule has 0 aromatic carbocycles. The molecule has 2 aliphatic rings.